The van der Waals surface area contributed by atoms with Gasteiger partial charge < -0.3 is 14.2 Å². The van der Waals surface area contributed by atoms with Gasteiger partial charge in [0.1, 0.15) is 4.60 Å². The van der Waals surface area contributed by atoms with E-state index in [0.717, 1.165) is 29.2 Å². The molecule has 2 aromatic heterocycles. The number of hydrogen-bond donors (Lipinski definition) is 0. The van der Waals surface area contributed by atoms with Crippen molar-refractivity contribution in [1.29, 1.82) is 0 Å². The van der Waals surface area contributed by atoms with Crippen molar-refractivity contribution < 1.29 is 0 Å². The molecule has 0 aromatic carbocycles. The lowest BCUT2D eigenvalue weighted by molar-refractivity contribution is 0.266. The van der Waals surface area contributed by atoms with Gasteiger partial charge in [0.25, 0.3) is 0 Å². The largest absolute Gasteiger partial charge is 0.352 e. The molecule has 0 aliphatic carbocycles. The summed E-state index contributed by atoms with van der Waals surface area (Å²) in [6, 6.07) is 0.566. The summed E-state index contributed by atoms with van der Waals surface area (Å²) in [6.07, 6.45) is 5.71. The first-order valence-electron chi connectivity index (χ1n) is 6.47. The maximum atomic E-state index is 4.62. The molecular formula is C13H18BrN5. The summed E-state index contributed by atoms with van der Waals surface area (Å²) in [4.78, 5) is 13.7. The number of aromatic nitrogens is 3. The molecule has 0 radical (unpaired) electrons. The summed E-state index contributed by atoms with van der Waals surface area (Å²) in [7, 11) is 4.29. The zero-order chi connectivity index (χ0) is 13.6. The molecule has 0 saturated carbocycles. The average Bonchev–Trinajstić information content (AvgIpc) is 2.93. The molecule has 2 unspecified atom stereocenters. The van der Waals surface area contributed by atoms with Gasteiger partial charge in [0, 0.05) is 37.7 Å². The Kier molecular flexibility index (Phi) is 3.22. The number of likely N-dealkylation sites (N-methyl/N-ethyl adjacent to an activating group) is 1. The van der Waals surface area contributed by atoms with Crippen LogP contribution < -0.4 is 4.90 Å². The van der Waals surface area contributed by atoms with E-state index >= 15 is 0 Å². The van der Waals surface area contributed by atoms with E-state index in [1.807, 2.05) is 23.0 Å². The van der Waals surface area contributed by atoms with E-state index in [2.05, 4.69) is 56.7 Å². The third-order valence-corrected chi connectivity index (χ3v) is 4.24. The highest BCUT2D eigenvalue weighted by Crippen LogP contribution is 2.28. The maximum absolute atomic E-state index is 4.62. The molecule has 1 fully saturated rings. The highest BCUT2D eigenvalue weighted by Gasteiger charge is 2.32. The van der Waals surface area contributed by atoms with Crippen molar-refractivity contribution in [3.05, 3.63) is 23.2 Å². The Hall–Kier alpha value is -1.14. The molecule has 19 heavy (non-hydrogen) atoms. The van der Waals surface area contributed by atoms with Crippen molar-refractivity contribution in [2.45, 2.75) is 13.0 Å². The predicted molar refractivity (Wildman–Crippen MR) is 79.5 cm³/mol. The van der Waals surface area contributed by atoms with Gasteiger partial charge in [-0.15, -0.1) is 0 Å². The van der Waals surface area contributed by atoms with Crippen molar-refractivity contribution in [2.75, 3.05) is 32.1 Å². The van der Waals surface area contributed by atoms with E-state index in [9.17, 15) is 0 Å². The number of nitrogens with zero attached hydrogens (tertiary/aromatic N) is 5. The topological polar surface area (TPSA) is 36.7 Å². The van der Waals surface area contributed by atoms with Gasteiger partial charge in [-0.3, -0.25) is 0 Å². The minimum Gasteiger partial charge on any atom is -0.352 e. The molecule has 1 aliphatic heterocycles. The molecule has 0 N–H and O–H groups in total. The lowest BCUT2D eigenvalue weighted by Crippen LogP contribution is -2.34. The molecule has 0 amide bonds. The first-order valence-corrected chi connectivity index (χ1v) is 7.26. The van der Waals surface area contributed by atoms with Crippen LogP contribution in [-0.4, -0.2) is 52.5 Å². The fourth-order valence-electron chi connectivity index (χ4n) is 2.89. The van der Waals surface area contributed by atoms with Gasteiger partial charge in [0.05, 0.1) is 0 Å². The Balaban J connectivity index is 1.99. The lowest BCUT2D eigenvalue weighted by atomic mass is 10.1. The standard InChI is InChI=1S/C13H18BrN5/c1-9-6-19(7-10(9)17(2)3)13-12-15-4-5-18(12)8-11(14)16-13/h4-5,8-10H,6-7H2,1-3H3. The van der Waals surface area contributed by atoms with Gasteiger partial charge in [0.2, 0.25) is 0 Å². The third kappa shape index (κ3) is 2.23. The molecule has 3 heterocycles. The van der Waals surface area contributed by atoms with Crippen molar-refractivity contribution >= 4 is 27.4 Å². The first kappa shape index (κ1) is 12.9. The summed E-state index contributed by atoms with van der Waals surface area (Å²) >= 11 is 3.48. The van der Waals surface area contributed by atoms with Crippen molar-refractivity contribution in [2.24, 2.45) is 5.92 Å². The summed E-state index contributed by atoms with van der Waals surface area (Å²) in [5, 5.41) is 0. The number of imidazole rings is 1. The second-order valence-electron chi connectivity index (χ2n) is 5.46. The smallest absolute Gasteiger partial charge is 0.180 e. The number of anilines is 1. The Morgan fingerprint density at radius 1 is 1.37 bits per heavy atom. The molecule has 2 atom stereocenters. The van der Waals surface area contributed by atoms with Gasteiger partial charge in [-0.1, -0.05) is 6.92 Å². The van der Waals surface area contributed by atoms with Crippen LogP contribution in [-0.2, 0) is 0 Å². The molecule has 2 aromatic rings. The van der Waals surface area contributed by atoms with E-state index in [4.69, 9.17) is 0 Å². The molecule has 5 nitrogen and oxygen atoms in total. The Morgan fingerprint density at radius 2 is 2.16 bits per heavy atom. The van der Waals surface area contributed by atoms with Crippen LogP contribution in [0.1, 0.15) is 6.92 Å². The van der Waals surface area contributed by atoms with E-state index in [1.165, 1.54) is 0 Å². The van der Waals surface area contributed by atoms with Gasteiger partial charge in [-0.05, 0) is 35.9 Å². The van der Waals surface area contributed by atoms with Crippen LogP contribution in [0.2, 0.25) is 0 Å². The number of rotatable bonds is 2. The Morgan fingerprint density at radius 3 is 2.84 bits per heavy atom. The van der Waals surface area contributed by atoms with Crippen LogP contribution in [0.4, 0.5) is 5.82 Å². The minimum absolute atomic E-state index is 0.566. The molecule has 1 aliphatic rings. The van der Waals surface area contributed by atoms with Crippen LogP contribution in [0, 0.1) is 5.92 Å². The number of hydrogen-bond acceptors (Lipinski definition) is 4. The average molecular weight is 324 g/mol. The number of fused-ring (bicyclic) bond motifs is 1. The quantitative estimate of drug-likeness (QED) is 0.845. The van der Waals surface area contributed by atoms with Crippen molar-refractivity contribution in [1.82, 2.24) is 19.3 Å². The molecule has 102 valence electrons. The van der Waals surface area contributed by atoms with Gasteiger partial charge in [0.15, 0.2) is 11.5 Å². The van der Waals surface area contributed by atoms with Crippen LogP contribution in [0.5, 0.6) is 0 Å². The number of halogens is 1. The van der Waals surface area contributed by atoms with E-state index in [-0.39, 0.29) is 0 Å². The molecular weight excluding hydrogens is 306 g/mol. The Bertz CT molecular complexity index is 594. The maximum Gasteiger partial charge on any atom is 0.180 e. The summed E-state index contributed by atoms with van der Waals surface area (Å²) in [5.41, 5.74) is 0.926. The van der Waals surface area contributed by atoms with E-state index < -0.39 is 0 Å². The third-order valence-electron chi connectivity index (χ3n) is 3.86. The fraction of sp³-hybridized carbons (Fsp3) is 0.538. The second kappa shape index (κ2) is 4.76. The van der Waals surface area contributed by atoms with Crippen LogP contribution >= 0.6 is 15.9 Å². The summed E-state index contributed by atoms with van der Waals surface area (Å²) in [5.74, 6) is 1.60. The zero-order valence-corrected chi connectivity index (χ0v) is 13.0. The molecule has 0 bridgehead atoms. The van der Waals surface area contributed by atoms with Gasteiger partial charge in [-0.2, -0.15) is 0 Å². The first-order chi connectivity index (χ1) is 9.06. The summed E-state index contributed by atoms with van der Waals surface area (Å²) in [6.45, 7) is 4.32. The zero-order valence-electron chi connectivity index (χ0n) is 11.4. The predicted octanol–water partition coefficient (Wildman–Crippen LogP) is 1.88. The van der Waals surface area contributed by atoms with E-state index in [1.54, 1.807) is 0 Å². The molecule has 6 heteroatoms. The van der Waals surface area contributed by atoms with Gasteiger partial charge in [-0.25, -0.2) is 9.97 Å². The highest BCUT2D eigenvalue weighted by atomic mass is 79.9. The van der Waals surface area contributed by atoms with Crippen LogP contribution in [0.25, 0.3) is 5.65 Å². The van der Waals surface area contributed by atoms with Crippen molar-refractivity contribution in [3.63, 3.8) is 0 Å². The van der Waals surface area contributed by atoms with Crippen LogP contribution in [0.3, 0.4) is 0 Å². The second-order valence-corrected chi connectivity index (χ2v) is 6.27. The Labute approximate surface area is 121 Å². The molecule has 3 rings (SSSR count). The SMILES string of the molecule is CC1CN(c2nc(Br)cn3ccnc23)CC1N(C)C. The molecule has 0 spiro atoms. The normalized spacial score (nSPS) is 23.7. The van der Waals surface area contributed by atoms with E-state index in [0.29, 0.717) is 12.0 Å². The lowest BCUT2D eigenvalue weighted by Gasteiger charge is -2.22. The fourth-order valence-corrected chi connectivity index (χ4v) is 3.28. The summed E-state index contributed by atoms with van der Waals surface area (Å²) < 4.78 is 2.86. The highest BCUT2D eigenvalue weighted by molar-refractivity contribution is 9.10. The monoisotopic (exact) mass is 323 g/mol. The van der Waals surface area contributed by atoms with Crippen LogP contribution in [0.15, 0.2) is 23.2 Å². The molecule has 1 saturated heterocycles. The van der Waals surface area contributed by atoms with Crippen molar-refractivity contribution in [3.8, 4) is 0 Å². The minimum atomic E-state index is 0.566. The van der Waals surface area contributed by atoms with Gasteiger partial charge >= 0.3 is 0 Å².